The van der Waals surface area contributed by atoms with Gasteiger partial charge in [-0.05, 0) is 36.4 Å². The van der Waals surface area contributed by atoms with Gasteiger partial charge in [-0.1, -0.05) is 23.5 Å². The molecule has 1 aliphatic heterocycles. The van der Waals surface area contributed by atoms with Crippen molar-refractivity contribution in [3.63, 3.8) is 0 Å². The lowest BCUT2D eigenvalue weighted by Gasteiger charge is -2.13. The first-order chi connectivity index (χ1) is 10.7. The molecule has 0 bridgehead atoms. The second-order valence-electron chi connectivity index (χ2n) is 5.71. The smallest absolute Gasteiger partial charge is 0.248 e. The molecule has 1 fully saturated rings. The van der Waals surface area contributed by atoms with Crippen LogP contribution in [0.2, 0.25) is 5.02 Å². The zero-order chi connectivity index (χ0) is 15.3. The van der Waals surface area contributed by atoms with Crippen LogP contribution in [0.5, 0.6) is 0 Å². The van der Waals surface area contributed by atoms with Gasteiger partial charge >= 0.3 is 0 Å². The van der Waals surface area contributed by atoms with Crippen LogP contribution in [0.3, 0.4) is 0 Å². The highest BCUT2D eigenvalue weighted by molar-refractivity contribution is 7.96. The molecule has 0 aliphatic carbocycles. The highest BCUT2D eigenvalue weighted by Crippen LogP contribution is 2.35. The number of aromatic amines is 2. The summed E-state index contributed by atoms with van der Waals surface area (Å²) in [5.74, 6) is 0.390. The lowest BCUT2D eigenvalue weighted by atomic mass is 9.98. The van der Waals surface area contributed by atoms with E-state index in [2.05, 4.69) is 20.5 Å². The number of aromatic nitrogens is 2. The third-order valence-electron chi connectivity index (χ3n) is 4.43. The molecule has 1 aromatic carbocycles. The van der Waals surface area contributed by atoms with Crippen LogP contribution in [0.15, 0.2) is 29.1 Å². The second kappa shape index (κ2) is 5.33. The minimum atomic E-state index is -0.0500. The fourth-order valence-electron chi connectivity index (χ4n) is 3.35. The SMILES string of the molecule is CSN1CCC(c2cc(=O)[nH]c3c2[nH]c2ccc(Cl)cc23)C1. The molecule has 114 valence electrons. The van der Waals surface area contributed by atoms with Gasteiger partial charge in [0, 0.05) is 41.0 Å². The Morgan fingerprint density at radius 3 is 2.91 bits per heavy atom. The van der Waals surface area contributed by atoms with E-state index in [1.54, 1.807) is 18.0 Å². The van der Waals surface area contributed by atoms with Gasteiger partial charge in [-0.15, -0.1) is 0 Å². The molecule has 2 aromatic heterocycles. The van der Waals surface area contributed by atoms with Crippen molar-refractivity contribution in [3.05, 3.63) is 45.2 Å². The van der Waals surface area contributed by atoms with Crippen LogP contribution in [0, 0.1) is 0 Å². The Labute approximate surface area is 137 Å². The van der Waals surface area contributed by atoms with Crippen molar-refractivity contribution in [1.29, 1.82) is 0 Å². The van der Waals surface area contributed by atoms with Gasteiger partial charge in [-0.25, -0.2) is 0 Å². The van der Waals surface area contributed by atoms with E-state index in [1.807, 2.05) is 18.2 Å². The van der Waals surface area contributed by atoms with Gasteiger partial charge in [0.1, 0.15) is 0 Å². The average molecular weight is 334 g/mol. The van der Waals surface area contributed by atoms with Crippen molar-refractivity contribution in [1.82, 2.24) is 14.3 Å². The molecule has 0 amide bonds. The number of hydrogen-bond acceptors (Lipinski definition) is 3. The van der Waals surface area contributed by atoms with Crippen LogP contribution < -0.4 is 5.56 Å². The highest BCUT2D eigenvalue weighted by Gasteiger charge is 2.26. The minimum absolute atomic E-state index is 0.0500. The zero-order valence-corrected chi connectivity index (χ0v) is 13.7. The summed E-state index contributed by atoms with van der Waals surface area (Å²) < 4.78 is 2.34. The van der Waals surface area contributed by atoms with Gasteiger partial charge in [0.05, 0.1) is 11.0 Å². The van der Waals surface area contributed by atoms with E-state index in [1.165, 1.54) is 0 Å². The summed E-state index contributed by atoms with van der Waals surface area (Å²) in [7, 11) is 0. The first-order valence-corrected chi connectivity index (χ1v) is 8.85. The number of pyridine rings is 1. The van der Waals surface area contributed by atoms with Gasteiger partial charge in [-0.2, -0.15) is 0 Å². The molecule has 4 rings (SSSR count). The van der Waals surface area contributed by atoms with E-state index < -0.39 is 0 Å². The first kappa shape index (κ1) is 14.2. The maximum atomic E-state index is 12.1. The van der Waals surface area contributed by atoms with Crippen molar-refractivity contribution in [2.45, 2.75) is 12.3 Å². The molecular weight excluding hydrogens is 318 g/mol. The standard InChI is InChI=1S/C16H16ClN3OS/c1-22-20-5-4-9(8-20)11-7-14(21)19-16-12-6-10(17)2-3-13(12)18-15(11)16/h2-3,6-7,9,18H,4-5,8H2,1H3,(H,19,21). The Hall–Kier alpha value is -1.43. The maximum absolute atomic E-state index is 12.1. The van der Waals surface area contributed by atoms with E-state index in [0.29, 0.717) is 10.9 Å². The van der Waals surface area contributed by atoms with E-state index in [0.717, 1.165) is 47.0 Å². The summed E-state index contributed by atoms with van der Waals surface area (Å²) in [6, 6.07) is 7.47. The third kappa shape index (κ3) is 2.24. The molecule has 4 nitrogen and oxygen atoms in total. The monoisotopic (exact) mass is 333 g/mol. The Balaban J connectivity index is 1.95. The highest BCUT2D eigenvalue weighted by atomic mass is 35.5. The summed E-state index contributed by atoms with van der Waals surface area (Å²) >= 11 is 7.87. The fourth-order valence-corrected chi connectivity index (χ4v) is 4.14. The summed E-state index contributed by atoms with van der Waals surface area (Å²) in [6.45, 7) is 2.04. The summed E-state index contributed by atoms with van der Waals surface area (Å²) in [4.78, 5) is 18.5. The first-order valence-electron chi connectivity index (χ1n) is 7.29. The fraction of sp³-hybridized carbons (Fsp3) is 0.312. The summed E-state index contributed by atoms with van der Waals surface area (Å²) in [5, 5.41) is 1.65. The summed E-state index contributed by atoms with van der Waals surface area (Å²) in [5.41, 5.74) is 3.96. The van der Waals surface area contributed by atoms with Gasteiger partial charge in [-0.3, -0.25) is 9.10 Å². The van der Waals surface area contributed by atoms with E-state index >= 15 is 0 Å². The number of H-pyrrole nitrogens is 2. The Morgan fingerprint density at radius 2 is 2.14 bits per heavy atom. The van der Waals surface area contributed by atoms with Crippen LogP contribution in [0.1, 0.15) is 17.9 Å². The van der Waals surface area contributed by atoms with Crippen LogP contribution in [-0.4, -0.2) is 33.6 Å². The van der Waals surface area contributed by atoms with Crippen molar-refractivity contribution < 1.29 is 0 Å². The maximum Gasteiger partial charge on any atom is 0.248 e. The van der Waals surface area contributed by atoms with Crippen LogP contribution in [-0.2, 0) is 0 Å². The largest absolute Gasteiger partial charge is 0.353 e. The number of rotatable bonds is 2. The van der Waals surface area contributed by atoms with Crippen molar-refractivity contribution >= 4 is 45.5 Å². The molecule has 1 aliphatic rings. The predicted molar refractivity (Wildman–Crippen MR) is 93.9 cm³/mol. The quantitative estimate of drug-likeness (QED) is 0.703. The molecule has 2 N–H and O–H groups in total. The molecule has 3 heterocycles. The molecule has 0 saturated carbocycles. The normalized spacial score (nSPS) is 19.5. The van der Waals surface area contributed by atoms with E-state index in [9.17, 15) is 4.79 Å². The number of nitrogens with zero attached hydrogens (tertiary/aromatic N) is 1. The van der Waals surface area contributed by atoms with Gasteiger partial charge in [0.15, 0.2) is 0 Å². The molecule has 22 heavy (non-hydrogen) atoms. The average Bonchev–Trinajstić information content (AvgIpc) is 3.11. The number of fused-ring (bicyclic) bond motifs is 3. The van der Waals surface area contributed by atoms with Crippen molar-refractivity contribution in [2.24, 2.45) is 0 Å². The number of benzene rings is 1. The van der Waals surface area contributed by atoms with Gasteiger partial charge in [0.2, 0.25) is 5.56 Å². The lowest BCUT2D eigenvalue weighted by Crippen LogP contribution is -2.13. The Kier molecular flexibility index (Phi) is 3.44. The lowest BCUT2D eigenvalue weighted by molar-refractivity contribution is 0.577. The van der Waals surface area contributed by atoms with Crippen molar-refractivity contribution in [2.75, 3.05) is 19.3 Å². The van der Waals surface area contributed by atoms with Crippen LogP contribution in [0.25, 0.3) is 21.9 Å². The number of halogens is 1. The predicted octanol–water partition coefficient (Wildman–Crippen LogP) is 3.73. The molecule has 1 atom stereocenters. The molecule has 0 spiro atoms. The van der Waals surface area contributed by atoms with Gasteiger partial charge < -0.3 is 9.97 Å². The topological polar surface area (TPSA) is 51.9 Å². The molecule has 1 saturated heterocycles. The Morgan fingerprint density at radius 1 is 1.27 bits per heavy atom. The van der Waals surface area contributed by atoms with E-state index in [4.69, 9.17) is 11.6 Å². The summed E-state index contributed by atoms with van der Waals surface area (Å²) in [6.07, 6.45) is 3.18. The molecule has 3 aromatic rings. The molecule has 0 radical (unpaired) electrons. The second-order valence-corrected chi connectivity index (χ2v) is 7.03. The third-order valence-corrected chi connectivity index (χ3v) is 5.52. The molecule has 6 heteroatoms. The Bertz CT molecular complexity index is 917. The van der Waals surface area contributed by atoms with Crippen LogP contribution in [0.4, 0.5) is 0 Å². The van der Waals surface area contributed by atoms with Crippen molar-refractivity contribution in [3.8, 4) is 0 Å². The van der Waals surface area contributed by atoms with Crippen LogP contribution >= 0.6 is 23.5 Å². The molecule has 1 unspecified atom stereocenters. The van der Waals surface area contributed by atoms with E-state index in [-0.39, 0.29) is 5.56 Å². The van der Waals surface area contributed by atoms with Gasteiger partial charge in [0.25, 0.3) is 0 Å². The number of nitrogens with one attached hydrogen (secondary N) is 2. The minimum Gasteiger partial charge on any atom is -0.353 e. The zero-order valence-electron chi connectivity index (χ0n) is 12.1. The number of hydrogen-bond donors (Lipinski definition) is 2. The molecular formula is C16H16ClN3OS.